The lowest BCUT2D eigenvalue weighted by Crippen LogP contribution is -2.66. The summed E-state index contributed by atoms with van der Waals surface area (Å²) in [5.41, 5.74) is -4.50. The number of carbonyl (C=O) groups excluding carboxylic acids is 4. The van der Waals surface area contributed by atoms with Crippen molar-refractivity contribution in [3.05, 3.63) is 52.4 Å². The minimum Gasteiger partial charge on any atom is -0.490 e. The van der Waals surface area contributed by atoms with Crippen LogP contribution in [-0.4, -0.2) is 213 Å². The van der Waals surface area contributed by atoms with Crippen molar-refractivity contribution in [3.63, 3.8) is 0 Å². The van der Waals surface area contributed by atoms with Crippen molar-refractivity contribution in [1.82, 2.24) is 36.4 Å². The molecular weight excluding hydrogens is 1470 g/mol. The Morgan fingerprint density at radius 3 is 2.29 bits per heavy atom. The summed E-state index contributed by atoms with van der Waals surface area (Å²) in [6.07, 6.45) is 8.68. The second-order valence-electron chi connectivity index (χ2n) is 39.0. The topological polar surface area (TPSA) is 314 Å². The number of nitrogens with one attached hydrogen (secondary N) is 5. The van der Waals surface area contributed by atoms with E-state index < -0.39 is 88.3 Å². The predicted octanol–water partition coefficient (Wildman–Crippen LogP) is 9.54. The molecule has 616 valence electrons. The van der Waals surface area contributed by atoms with Gasteiger partial charge < -0.3 is 94.7 Å². The molecule has 1 aromatic rings. The van der Waals surface area contributed by atoms with E-state index in [0.717, 1.165) is 113 Å². The van der Waals surface area contributed by atoms with E-state index in [-0.39, 0.29) is 157 Å². The maximum Gasteiger partial charge on any atom is 0.442 e. The van der Waals surface area contributed by atoms with Crippen molar-refractivity contribution in [1.29, 1.82) is 0 Å². The lowest BCUT2D eigenvalue weighted by Gasteiger charge is -2.62. The minimum absolute atomic E-state index is 0.00479. The molecule has 8 aliphatic carbocycles. The number of nitrogens with zero attached hydrogens (tertiary/aromatic N) is 4. The van der Waals surface area contributed by atoms with Crippen molar-refractivity contribution in [2.75, 3.05) is 65.0 Å². The van der Waals surface area contributed by atoms with E-state index in [2.05, 4.69) is 88.2 Å². The Hall–Kier alpha value is -5.08. The zero-order valence-corrected chi connectivity index (χ0v) is 67.0. The van der Waals surface area contributed by atoms with Crippen LogP contribution in [0.2, 0.25) is 0 Å². The van der Waals surface area contributed by atoms with Crippen LogP contribution in [0.1, 0.15) is 200 Å². The lowest BCUT2D eigenvalue weighted by molar-refractivity contribution is -0.289. The molecule has 20 rings (SSSR count). The van der Waals surface area contributed by atoms with Gasteiger partial charge in [-0.15, -0.1) is 10.2 Å². The van der Waals surface area contributed by atoms with Crippen LogP contribution in [0.15, 0.2) is 51.5 Å². The molecule has 4 spiro atoms. The summed E-state index contributed by atoms with van der Waals surface area (Å²) >= 11 is 1.85. The third-order valence-corrected chi connectivity index (χ3v) is 35.4. The first-order valence-corrected chi connectivity index (χ1v) is 43.4. The highest BCUT2D eigenvalue weighted by Crippen LogP contribution is 2.92. The fraction of sp³-hybridized carbons (Fsp3) is 0.831. The Morgan fingerprint density at radius 2 is 1.54 bits per heavy atom. The van der Waals surface area contributed by atoms with E-state index in [4.69, 9.17) is 37.9 Å². The smallest absolute Gasteiger partial charge is 0.442 e. The number of fused-ring (bicyclic) bond motifs is 15. The number of urea groups is 1. The highest BCUT2D eigenvalue weighted by molar-refractivity contribution is 8.00. The molecule has 11 heterocycles. The highest BCUT2D eigenvalue weighted by atomic mass is 32.2. The number of hydrogen-bond donors (Lipinski definition) is 9. The number of aliphatic hydroxyl groups excluding tert-OH is 2. The van der Waals surface area contributed by atoms with Crippen molar-refractivity contribution < 1.29 is 90.7 Å². The molecule has 6 saturated carbocycles. The zero-order chi connectivity index (χ0) is 78.5. The SMILES string of the molecule is CC[C@@]1(C)CC[C@@]2(O[C@H]3C[C@@H]4[C@@H]5CC[C@H]6CC7=C(C[C@]6(C)[C@H]5C[C@@H](O)[C@]4(C)[C@H]3[C@@H]2C)N2C34C[C@@H]5C[C@H](OC(=O)NCCNC(=O)c6ccc(C8(C(F)(F)F)N=N8)cc6OCCOCCOCCNC(=O)CCCC[C@@H]6SC[C@@H]8NC(=O)N[C@@H]86)[C@H]6C8=C[C@@H]9O[C@]%10(CC[C@](C)(O)CO%10)[C@@H](C)[C@]9(O)[C@@]8(C)[C@H](O)C[C@@H]6[C@@]5(C)CC23N74)O1. The van der Waals surface area contributed by atoms with Gasteiger partial charge in [0.25, 0.3) is 5.91 Å². The van der Waals surface area contributed by atoms with Gasteiger partial charge in [0, 0.05) is 101 Å². The maximum atomic E-state index is 14.7. The normalized spacial score (nSPS) is 48.3. The predicted molar refractivity (Wildman–Crippen MR) is 400 cm³/mol. The molecule has 8 saturated heterocycles. The van der Waals surface area contributed by atoms with Crippen LogP contribution in [0.25, 0.3) is 0 Å². The number of alkyl halides is 3. The van der Waals surface area contributed by atoms with Gasteiger partial charge in [-0.1, -0.05) is 72.6 Å². The van der Waals surface area contributed by atoms with Gasteiger partial charge in [-0.25, -0.2) is 9.59 Å². The number of thioether (sulfide) groups is 1. The molecule has 11 aliphatic heterocycles. The first-order chi connectivity index (χ1) is 53.1. The quantitative estimate of drug-likeness (QED) is 0.0226. The monoisotopic (exact) mass is 1580 g/mol. The number of aliphatic hydroxyl groups is 4. The molecule has 112 heavy (non-hydrogen) atoms. The Morgan fingerprint density at radius 1 is 0.795 bits per heavy atom. The minimum atomic E-state index is -4.85. The van der Waals surface area contributed by atoms with Crippen molar-refractivity contribution in [2.24, 2.45) is 91.1 Å². The molecule has 29 atom stereocenters. The van der Waals surface area contributed by atoms with E-state index in [1.165, 1.54) is 17.5 Å². The van der Waals surface area contributed by atoms with Gasteiger partial charge in [-0.2, -0.15) is 24.9 Å². The lowest BCUT2D eigenvalue weighted by atomic mass is 9.43. The van der Waals surface area contributed by atoms with E-state index >= 15 is 0 Å². The first-order valence-electron chi connectivity index (χ1n) is 42.3. The van der Waals surface area contributed by atoms with Gasteiger partial charge >= 0.3 is 24.0 Å². The van der Waals surface area contributed by atoms with Crippen molar-refractivity contribution in [2.45, 2.75) is 284 Å². The molecule has 19 aliphatic rings. The first kappa shape index (κ1) is 76.9. The number of hydrogen-bond acceptors (Lipinski definition) is 21. The molecule has 29 heteroatoms. The van der Waals surface area contributed by atoms with Gasteiger partial charge in [0.15, 0.2) is 22.9 Å². The third-order valence-electron chi connectivity index (χ3n) is 33.9. The summed E-state index contributed by atoms with van der Waals surface area (Å²) in [5.74, 6) is -0.834. The van der Waals surface area contributed by atoms with E-state index in [0.29, 0.717) is 67.6 Å². The van der Waals surface area contributed by atoms with E-state index in [1.807, 2.05) is 31.7 Å². The van der Waals surface area contributed by atoms with Gasteiger partial charge in [-0.05, 0) is 169 Å². The maximum absolute atomic E-state index is 14.7. The number of halogens is 3. The van der Waals surface area contributed by atoms with Crippen LogP contribution in [0.3, 0.4) is 0 Å². The third kappa shape index (κ3) is 10.7. The van der Waals surface area contributed by atoms with E-state index in [9.17, 15) is 52.8 Å². The Bertz CT molecular complexity index is 4100. The van der Waals surface area contributed by atoms with Crippen LogP contribution >= 0.6 is 11.8 Å². The zero-order valence-electron chi connectivity index (χ0n) is 66.2. The number of carbonyl (C=O) groups is 4. The van der Waals surface area contributed by atoms with Crippen LogP contribution in [-0.2, 0) is 43.6 Å². The average molecular weight is 1580 g/mol. The summed E-state index contributed by atoms with van der Waals surface area (Å²) in [5, 5.41) is 72.2. The molecule has 0 radical (unpaired) electrons. The molecule has 9 N–H and O–H groups in total. The molecule has 25 nitrogen and oxygen atoms in total. The molecule has 2 bridgehead atoms. The summed E-state index contributed by atoms with van der Waals surface area (Å²) < 4.78 is 94.7. The van der Waals surface area contributed by atoms with Gasteiger partial charge in [-0.3, -0.25) is 9.59 Å². The number of alkyl carbamates (subject to hydrolysis) is 1. The standard InChI is InChI=1S/C83H116F3N9O16S/c1-10-72(5)20-22-77(111-72)43(2)66-59(109-77)34-51-48-17-15-45-31-55-56(39-73(45,6)50(48)35-61(96)75(51,66)8)95-79-38-47-33-58(65-52(74(47,7)41-80(79,95)94(55)79)36-62(97)76(9)53(65)37-63-81(76,103)44(3)78(110-63)21-19-71(4,102)42-107-78)108-70(101)89-24-23-88-68(99)49-18-16-46(82(92-93-82)83(84,85)86)32-57(49)106-30-29-105-28-27-104-26-25-87-64(98)14-12-11-13-60-67-54(40-112-60)90-69(100)91-67/h16,18,32,37,43-45,47-48,50-52,54,58-63,65-67,96-97,102-103H,10-15,17,19-31,33-36,38-42H2,1-9H3,(H,87,98)(H,88,99)(H,89,101)(H2,90,91,100)/t43-,44+,45-,47-,48+,50-,51+,52-,54-,58-,59-,60-,61+,62+,63-,65+,66-,67-,71-,72-,73-,74-,75+,76+,77+,78+,79?,80?,81+,94?,95?/m0/s1. The summed E-state index contributed by atoms with van der Waals surface area (Å²) in [7, 11) is 0. The number of benzene rings is 1. The van der Waals surface area contributed by atoms with Crippen LogP contribution < -0.4 is 31.3 Å². The number of rotatable bonds is 22. The average Bonchev–Trinajstić information content (AvgIpc) is 1.37. The molecule has 2 unspecified atom stereocenters. The van der Waals surface area contributed by atoms with Crippen LogP contribution in [0.4, 0.5) is 22.8 Å². The van der Waals surface area contributed by atoms with Gasteiger partial charge in [0.2, 0.25) is 5.91 Å². The Kier molecular flexibility index (Phi) is 17.8. The highest BCUT2D eigenvalue weighted by Gasteiger charge is 3.03. The van der Waals surface area contributed by atoms with E-state index in [1.54, 1.807) is 6.92 Å². The second kappa shape index (κ2) is 26.0. The second-order valence-corrected chi connectivity index (χ2v) is 40.3. The van der Waals surface area contributed by atoms with Crippen LogP contribution in [0, 0.1) is 80.8 Å². The largest absolute Gasteiger partial charge is 0.490 e. The summed E-state index contributed by atoms with van der Waals surface area (Å²) in [6.45, 7) is 20.4. The molecule has 0 aromatic heterocycles. The van der Waals surface area contributed by atoms with Crippen molar-refractivity contribution in [3.8, 4) is 5.75 Å². The van der Waals surface area contributed by atoms with Gasteiger partial charge in [0.1, 0.15) is 30.2 Å². The van der Waals surface area contributed by atoms with Crippen LogP contribution in [0.5, 0.6) is 5.75 Å². The molecule has 14 fully saturated rings. The molecular formula is C83H116F3N9O16S. The Labute approximate surface area is 657 Å². The molecule has 5 amide bonds. The summed E-state index contributed by atoms with van der Waals surface area (Å²) in [4.78, 5) is 58.6. The van der Waals surface area contributed by atoms with Gasteiger partial charge in [0.05, 0.1) is 80.2 Å². The number of allylic oxidation sites excluding steroid dienone is 2. The van der Waals surface area contributed by atoms with Crippen molar-refractivity contribution >= 4 is 35.7 Å². The number of ether oxygens (including phenoxy) is 8. The fourth-order valence-corrected chi connectivity index (χ4v) is 29.2. The Balaban J connectivity index is 0.507. The fourth-order valence-electron chi connectivity index (χ4n) is 27.7. The number of unbranched alkanes of at least 4 members (excludes halogenated alkanes) is 1. The molecule has 1 aromatic carbocycles. The summed E-state index contributed by atoms with van der Waals surface area (Å²) in [6, 6.07) is 3.66. The number of amides is 5.